The smallest absolute Gasteiger partial charge is 0.358 e. The van der Waals surface area contributed by atoms with Crippen molar-refractivity contribution in [3.8, 4) is 0 Å². The number of benzene rings is 2. The van der Waals surface area contributed by atoms with Gasteiger partial charge in [0.15, 0.2) is 11.5 Å². The van der Waals surface area contributed by atoms with Crippen LogP contribution in [0, 0.1) is 10.4 Å². The number of hydrogen-bond acceptors (Lipinski definition) is 6. The SMILES string of the molecule is O=C(O)c1cncnn1.O=C1CC=c2ccc3c(c2C1)C(=O)C=c1ccccc1=3. The molecule has 3 aromatic rings. The first-order chi connectivity index (χ1) is 14.0. The van der Waals surface area contributed by atoms with Gasteiger partial charge < -0.3 is 5.11 Å². The van der Waals surface area contributed by atoms with Crippen LogP contribution in [0.4, 0.5) is 0 Å². The second kappa shape index (κ2) is 7.55. The molecule has 0 atom stereocenters. The minimum atomic E-state index is -1.12. The number of fused-ring (bicyclic) bond motifs is 4. The van der Waals surface area contributed by atoms with Gasteiger partial charge in [-0.05, 0) is 32.5 Å². The van der Waals surface area contributed by atoms with Crippen LogP contribution in [0.1, 0.15) is 32.8 Å². The first-order valence-corrected chi connectivity index (χ1v) is 8.90. The van der Waals surface area contributed by atoms with Crippen LogP contribution in [0.5, 0.6) is 0 Å². The molecular weight excluding hydrogens is 370 g/mol. The lowest BCUT2D eigenvalue weighted by Gasteiger charge is -2.14. The van der Waals surface area contributed by atoms with Gasteiger partial charge in [0.1, 0.15) is 12.1 Å². The number of carboxylic acids is 1. The van der Waals surface area contributed by atoms with Crippen molar-refractivity contribution in [3.05, 3.63) is 86.6 Å². The minimum Gasteiger partial charge on any atom is -0.476 e. The quantitative estimate of drug-likeness (QED) is 0.660. The lowest BCUT2D eigenvalue weighted by molar-refractivity contribution is -0.117. The summed E-state index contributed by atoms with van der Waals surface area (Å²) in [6.45, 7) is 0. The predicted octanol–water partition coefficient (Wildman–Crippen LogP) is 0.816. The number of carbonyl (C=O) groups excluding carboxylic acids is 2. The Kier molecular flexibility index (Phi) is 4.78. The zero-order valence-electron chi connectivity index (χ0n) is 15.2. The summed E-state index contributed by atoms with van der Waals surface area (Å²) in [4.78, 5) is 37.7. The molecule has 2 aliphatic rings. The Balaban J connectivity index is 0.000000192. The van der Waals surface area contributed by atoms with Gasteiger partial charge in [-0.25, -0.2) is 9.78 Å². The summed E-state index contributed by atoms with van der Waals surface area (Å²) >= 11 is 0. The van der Waals surface area contributed by atoms with E-state index in [0.29, 0.717) is 18.4 Å². The van der Waals surface area contributed by atoms with Gasteiger partial charge in [-0.2, -0.15) is 0 Å². The van der Waals surface area contributed by atoms with Crippen molar-refractivity contribution in [2.75, 3.05) is 0 Å². The molecule has 2 aromatic carbocycles. The van der Waals surface area contributed by atoms with E-state index in [-0.39, 0.29) is 17.3 Å². The maximum Gasteiger partial charge on any atom is 0.358 e. The van der Waals surface area contributed by atoms with Crippen LogP contribution < -0.4 is 10.4 Å². The van der Waals surface area contributed by atoms with Crippen molar-refractivity contribution >= 4 is 29.7 Å². The molecule has 2 aliphatic carbocycles. The van der Waals surface area contributed by atoms with Crippen LogP contribution in [0.3, 0.4) is 0 Å². The molecule has 5 rings (SSSR count). The normalized spacial score (nSPS) is 13.5. The summed E-state index contributed by atoms with van der Waals surface area (Å²) in [5.41, 5.74) is 1.47. The third-order valence-electron chi connectivity index (χ3n) is 4.76. The molecule has 7 nitrogen and oxygen atoms in total. The summed E-state index contributed by atoms with van der Waals surface area (Å²) in [6.07, 6.45) is 6.76. The molecule has 1 N–H and O–H groups in total. The third-order valence-corrected chi connectivity index (χ3v) is 4.76. The van der Waals surface area contributed by atoms with Crippen molar-refractivity contribution < 1.29 is 19.5 Å². The van der Waals surface area contributed by atoms with Crippen LogP contribution in [-0.2, 0) is 11.2 Å². The zero-order chi connectivity index (χ0) is 20.4. The second-order valence-corrected chi connectivity index (χ2v) is 6.57. The van der Waals surface area contributed by atoms with Crippen LogP contribution in [0.15, 0.2) is 48.9 Å². The fraction of sp³-hybridized carbons (Fsp3) is 0.0909. The Morgan fingerprint density at radius 3 is 2.55 bits per heavy atom. The molecule has 1 aromatic heterocycles. The number of Topliss-reactive ketones (excluding diaryl/α,β-unsaturated/α-hetero) is 2. The highest BCUT2D eigenvalue weighted by Gasteiger charge is 2.19. The van der Waals surface area contributed by atoms with E-state index in [0.717, 1.165) is 32.6 Å². The molecule has 142 valence electrons. The van der Waals surface area contributed by atoms with Gasteiger partial charge in [0, 0.05) is 18.4 Å². The molecule has 29 heavy (non-hydrogen) atoms. The fourth-order valence-corrected chi connectivity index (χ4v) is 3.47. The molecule has 0 unspecified atom stereocenters. The number of aromatic carboxylic acids is 1. The van der Waals surface area contributed by atoms with E-state index in [2.05, 4.69) is 15.2 Å². The number of rotatable bonds is 1. The Hall–Kier alpha value is -4.00. The summed E-state index contributed by atoms with van der Waals surface area (Å²) in [6, 6.07) is 11.9. The highest BCUT2D eigenvalue weighted by molar-refractivity contribution is 6.19. The predicted molar refractivity (Wildman–Crippen MR) is 103 cm³/mol. The molecule has 0 amide bonds. The van der Waals surface area contributed by atoms with Crippen LogP contribution >= 0.6 is 0 Å². The molecule has 0 saturated carbocycles. The number of carboxylic acid groups (broad SMARTS) is 1. The Bertz CT molecular complexity index is 1370. The van der Waals surface area contributed by atoms with E-state index in [1.165, 1.54) is 6.33 Å². The van der Waals surface area contributed by atoms with Crippen LogP contribution in [0.2, 0.25) is 0 Å². The largest absolute Gasteiger partial charge is 0.476 e. The molecule has 0 aliphatic heterocycles. The Morgan fingerprint density at radius 1 is 1.00 bits per heavy atom. The van der Waals surface area contributed by atoms with Crippen LogP contribution in [-0.4, -0.2) is 37.8 Å². The molecule has 7 heteroatoms. The first kappa shape index (κ1) is 18.4. The van der Waals surface area contributed by atoms with E-state index in [1.807, 2.05) is 42.5 Å². The van der Waals surface area contributed by atoms with E-state index < -0.39 is 5.97 Å². The summed E-state index contributed by atoms with van der Waals surface area (Å²) in [5.74, 6) is -0.924. The molecule has 0 spiro atoms. The van der Waals surface area contributed by atoms with Crippen molar-refractivity contribution in [1.29, 1.82) is 0 Å². The van der Waals surface area contributed by atoms with Gasteiger partial charge in [0.25, 0.3) is 0 Å². The number of hydrogen-bond donors (Lipinski definition) is 1. The third kappa shape index (κ3) is 3.58. The van der Waals surface area contributed by atoms with Crippen molar-refractivity contribution in [1.82, 2.24) is 15.2 Å². The molecule has 0 fully saturated rings. The van der Waals surface area contributed by atoms with E-state index in [1.54, 1.807) is 6.08 Å². The number of aromatic nitrogens is 3. The van der Waals surface area contributed by atoms with Gasteiger partial charge in [0.2, 0.25) is 0 Å². The highest BCUT2D eigenvalue weighted by atomic mass is 16.4. The number of ketones is 2. The first-order valence-electron chi connectivity index (χ1n) is 8.90. The summed E-state index contributed by atoms with van der Waals surface area (Å²) in [7, 11) is 0. The Labute approximate surface area is 164 Å². The van der Waals surface area contributed by atoms with Crippen LogP contribution in [0.25, 0.3) is 12.2 Å². The number of carbonyl (C=O) groups is 3. The lowest BCUT2D eigenvalue weighted by Crippen LogP contribution is -2.26. The highest BCUT2D eigenvalue weighted by Crippen LogP contribution is 2.16. The number of nitrogens with zero attached hydrogens (tertiary/aromatic N) is 3. The van der Waals surface area contributed by atoms with Crippen molar-refractivity contribution in [3.63, 3.8) is 0 Å². The van der Waals surface area contributed by atoms with E-state index in [9.17, 15) is 14.4 Å². The van der Waals surface area contributed by atoms with Gasteiger partial charge >= 0.3 is 5.97 Å². The molecule has 1 heterocycles. The van der Waals surface area contributed by atoms with Gasteiger partial charge in [-0.1, -0.05) is 42.5 Å². The standard InChI is InChI=1S/C18H12O2.C4H3N3O2/c19-13-7-5-11-6-8-15-14-4-2-1-3-12(14)9-17(20)18(15)16(11)10-13;8-4(9)3-1-5-2-6-7-3/h1-6,8-9H,7,10H2;1-2H,(H,8,9). The monoisotopic (exact) mass is 385 g/mol. The van der Waals surface area contributed by atoms with Crippen molar-refractivity contribution in [2.45, 2.75) is 12.8 Å². The van der Waals surface area contributed by atoms with Gasteiger partial charge in [-0.15, -0.1) is 10.2 Å². The van der Waals surface area contributed by atoms with E-state index >= 15 is 0 Å². The fourth-order valence-electron chi connectivity index (χ4n) is 3.47. The topological polar surface area (TPSA) is 110 Å². The molecule has 0 radical (unpaired) electrons. The minimum absolute atomic E-state index is 0.0126. The van der Waals surface area contributed by atoms with Gasteiger partial charge in [0.05, 0.1) is 6.20 Å². The lowest BCUT2D eigenvalue weighted by atomic mass is 9.88. The summed E-state index contributed by atoms with van der Waals surface area (Å²) in [5, 5.41) is 18.8. The Morgan fingerprint density at radius 2 is 1.83 bits per heavy atom. The molecule has 0 bridgehead atoms. The maximum atomic E-state index is 12.4. The summed E-state index contributed by atoms with van der Waals surface area (Å²) < 4.78 is 0. The van der Waals surface area contributed by atoms with Gasteiger partial charge in [-0.3, -0.25) is 9.59 Å². The molecule has 0 saturated heterocycles. The molecular formula is C22H15N3O4. The maximum absolute atomic E-state index is 12.4. The van der Waals surface area contributed by atoms with E-state index in [4.69, 9.17) is 5.11 Å². The zero-order valence-corrected chi connectivity index (χ0v) is 15.2. The second-order valence-electron chi connectivity index (χ2n) is 6.57. The average molecular weight is 385 g/mol. The average Bonchev–Trinajstić information content (AvgIpc) is 2.74. The van der Waals surface area contributed by atoms with Crippen molar-refractivity contribution in [2.24, 2.45) is 0 Å².